The second kappa shape index (κ2) is 4.36. The van der Waals surface area contributed by atoms with E-state index in [0.717, 1.165) is 44.4 Å². The molecule has 0 aromatic rings. The summed E-state index contributed by atoms with van der Waals surface area (Å²) in [6.07, 6.45) is 7.27. The van der Waals surface area contributed by atoms with Gasteiger partial charge in [-0.2, -0.15) is 0 Å². The van der Waals surface area contributed by atoms with E-state index in [0.29, 0.717) is 0 Å². The van der Waals surface area contributed by atoms with E-state index in [2.05, 4.69) is 4.90 Å². The third-order valence-corrected chi connectivity index (χ3v) is 4.49. The van der Waals surface area contributed by atoms with Gasteiger partial charge in [0.05, 0.1) is 0 Å². The van der Waals surface area contributed by atoms with Crippen LogP contribution in [0.2, 0.25) is 0 Å². The third kappa shape index (κ3) is 1.86. The summed E-state index contributed by atoms with van der Waals surface area (Å²) in [7, 11) is 0. The zero-order valence-electron chi connectivity index (χ0n) is 9.86. The fraction of sp³-hybridized carbons (Fsp3) is 0.923. The topological polar surface area (TPSA) is 29.5 Å². The van der Waals surface area contributed by atoms with Crippen LogP contribution in [-0.2, 0) is 9.53 Å². The second-order valence-electron chi connectivity index (χ2n) is 5.55. The molecular formula is C13H21NO2. The first-order chi connectivity index (χ1) is 7.84. The molecule has 3 aliphatic rings. The van der Waals surface area contributed by atoms with Crippen LogP contribution in [0.5, 0.6) is 0 Å². The molecule has 0 aromatic carbocycles. The summed E-state index contributed by atoms with van der Waals surface area (Å²) in [5, 5.41) is 0. The fourth-order valence-corrected chi connectivity index (χ4v) is 3.56. The molecule has 3 nitrogen and oxygen atoms in total. The van der Waals surface area contributed by atoms with Crippen molar-refractivity contribution in [2.75, 3.05) is 19.7 Å². The number of hydrogen-bond acceptors (Lipinski definition) is 2. The summed E-state index contributed by atoms with van der Waals surface area (Å²) in [6.45, 7) is 2.78. The average Bonchev–Trinajstić information content (AvgIpc) is 2.97. The van der Waals surface area contributed by atoms with E-state index in [4.69, 9.17) is 4.74 Å². The summed E-state index contributed by atoms with van der Waals surface area (Å²) in [4.78, 5) is 14.3. The van der Waals surface area contributed by atoms with E-state index in [9.17, 15) is 4.79 Å². The van der Waals surface area contributed by atoms with Gasteiger partial charge in [-0.15, -0.1) is 0 Å². The normalized spacial score (nSPS) is 38.8. The summed E-state index contributed by atoms with van der Waals surface area (Å²) in [5.74, 6) is 1.85. The highest BCUT2D eigenvalue weighted by atomic mass is 16.5. The maximum Gasteiger partial charge on any atom is 0.251 e. The van der Waals surface area contributed by atoms with Gasteiger partial charge >= 0.3 is 0 Å². The number of fused-ring (bicyclic) bond motifs is 1. The van der Waals surface area contributed by atoms with E-state index in [1.807, 2.05) is 0 Å². The van der Waals surface area contributed by atoms with Gasteiger partial charge < -0.3 is 9.64 Å². The van der Waals surface area contributed by atoms with Crippen LogP contribution in [0.3, 0.4) is 0 Å². The predicted molar refractivity (Wildman–Crippen MR) is 61.0 cm³/mol. The fourth-order valence-electron chi connectivity index (χ4n) is 3.56. The van der Waals surface area contributed by atoms with E-state index in [1.165, 1.54) is 25.7 Å². The molecule has 3 unspecified atom stereocenters. The number of ether oxygens (including phenoxy) is 1. The minimum Gasteiger partial charge on any atom is -0.368 e. The smallest absolute Gasteiger partial charge is 0.251 e. The van der Waals surface area contributed by atoms with Crippen LogP contribution in [0.15, 0.2) is 0 Å². The molecule has 90 valence electrons. The zero-order chi connectivity index (χ0) is 11.0. The van der Waals surface area contributed by atoms with Crippen molar-refractivity contribution in [3.8, 4) is 0 Å². The summed E-state index contributed by atoms with van der Waals surface area (Å²) in [6, 6.07) is 0. The Morgan fingerprint density at radius 1 is 1.00 bits per heavy atom. The number of rotatable bonds is 1. The maximum atomic E-state index is 12.2. The number of likely N-dealkylation sites (tertiary alicyclic amines) is 1. The van der Waals surface area contributed by atoms with Gasteiger partial charge in [-0.05, 0) is 37.5 Å². The Morgan fingerprint density at radius 2 is 1.69 bits per heavy atom. The van der Waals surface area contributed by atoms with Gasteiger partial charge in [0, 0.05) is 19.7 Å². The lowest BCUT2D eigenvalue weighted by Crippen LogP contribution is -2.37. The minimum absolute atomic E-state index is 0.111. The van der Waals surface area contributed by atoms with E-state index < -0.39 is 0 Å². The Balaban J connectivity index is 1.61. The number of hydrogen-bond donors (Lipinski definition) is 0. The molecule has 0 bridgehead atoms. The lowest BCUT2D eigenvalue weighted by atomic mass is 9.82. The number of carbonyl (C=O) groups excluding carboxylic acids is 1. The van der Waals surface area contributed by atoms with Gasteiger partial charge in [0.2, 0.25) is 0 Å². The molecule has 2 heterocycles. The van der Waals surface area contributed by atoms with Gasteiger partial charge in [-0.1, -0.05) is 12.8 Å². The Morgan fingerprint density at radius 3 is 2.25 bits per heavy atom. The van der Waals surface area contributed by atoms with Gasteiger partial charge in [0.15, 0.2) is 0 Å². The molecule has 3 atom stereocenters. The van der Waals surface area contributed by atoms with E-state index in [1.54, 1.807) is 0 Å². The molecule has 1 saturated carbocycles. The van der Waals surface area contributed by atoms with Crippen LogP contribution in [0, 0.1) is 11.8 Å². The molecule has 0 N–H and O–H groups in total. The standard InChI is InChI=1S/C13H21NO2/c15-13(12-6-3-7-16-12)14-8-10-4-1-2-5-11(10)9-14/h10-12H,1-9H2. The number of amides is 1. The highest BCUT2D eigenvalue weighted by molar-refractivity contribution is 5.81. The summed E-state index contributed by atoms with van der Waals surface area (Å²) < 4.78 is 5.49. The number of nitrogens with zero attached hydrogens (tertiary/aromatic N) is 1. The zero-order valence-corrected chi connectivity index (χ0v) is 9.86. The van der Waals surface area contributed by atoms with Gasteiger partial charge in [0.1, 0.15) is 6.10 Å². The van der Waals surface area contributed by atoms with Crippen LogP contribution in [-0.4, -0.2) is 36.6 Å². The number of carbonyl (C=O) groups is 1. The predicted octanol–water partition coefficient (Wildman–Crippen LogP) is 1.81. The first-order valence-corrected chi connectivity index (χ1v) is 6.75. The van der Waals surface area contributed by atoms with Crippen molar-refractivity contribution < 1.29 is 9.53 Å². The lowest BCUT2D eigenvalue weighted by Gasteiger charge is -2.22. The molecular weight excluding hydrogens is 202 g/mol. The Hall–Kier alpha value is -0.570. The Labute approximate surface area is 97.1 Å². The monoisotopic (exact) mass is 223 g/mol. The third-order valence-electron chi connectivity index (χ3n) is 4.49. The first-order valence-electron chi connectivity index (χ1n) is 6.75. The molecule has 0 spiro atoms. The second-order valence-corrected chi connectivity index (χ2v) is 5.55. The van der Waals surface area contributed by atoms with Gasteiger partial charge in [0.25, 0.3) is 5.91 Å². The van der Waals surface area contributed by atoms with Crippen molar-refractivity contribution >= 4 is 5.91 Å². The van der Waals surface area contributed by atoms with Crippen molar-refractivity contribution in [3.63, 3.8) is 0 Å². The SMILES string of the molecule is O=C(C1CCCO1)N1CC2CCCCC2C1. The van der Waals surface area contributed by atoms with Crippen molar-refractivity contribution in [3.05, 3.63) is 0 Å². The van der Waals surface area contributed by atoms with Crippen LogP contribution < -0.4 is 0 Å². The maximum absolute atomic E-state index is 12.2. The van der Waals surface area contributed by atoms with Crippen LogP contribution in [0.4, 0.5) is 0 Å². The molecule has 0 aromatic heterocycles. The lowest BCUT2D eigenvalue weighted by molar-refractivity contribution is -0.140. The largest absolute Gasteiger partial charge is 0.368 e. The molecule has 2 saturated heterocycles. The molecule has 1 aliphatic carbocycles. The molecule has 16 heavy (non-hydrogen) atoms. The molecule has 3 fully saturated rings. The quantitative estimate of drug-likeness (QED) is 0.678. The van der Waals surface area contributed by atoms with Crippen LogP contribution in [0.1, 0.15) is 38.5 Å². The molecule has 0 radical (unpaired) electrons. The van der Waals surface area contributed by atoms with E-state index in [-0.39, 0.29) is 12.0 Å². The highest BCUT2D eigenvalue weighted by Gasteiger charge is 2.39. The van der Waals surface area contributed by atoms with Crippen LogP contribution in [0.25, 0.3) is 0 Å². The first kappa shape index (κ1) is 10.6. The summed E-state index contributed by atoms with van der Waals surface area (Å²) in [5.41, 5.74) is 0. The Kier molecular flexibility index (Phi) is 2.88. The molecule has 3 heteroatoms. The van der Waals surface area contributed by atoms with Gasteiger partial charge in [-0.25, -0.2) is 0 Å². The average molecular weight is 223 g/mol. The summed E-state index contributed by atoms with van der Waals surface area (Å²) >= 11 is 0. The molecule has 1 amide bonds. The van der Waals surface area contributed by atoms with Crippen molar-refractivity contribution in [2.45, 2.75) is 44.6 Å². The molecule has 2 aliphatic heterocycles. The highest BCUT2D eigenvalue weighted by Crippen LogP contribution is 2.36. The van der Waals surface area contributed by atoms with Crippen molar-refractivity contribution in [1.29, 1.82) is 0 Å². The van der Waals surface area contributed by atoms with E-state index >= 15 is 0 Å². The molecule has 3 rings (SSSR count). The van der Waals surface area contributed by atoms with Crippen molar-refractivity contribution in [2.24, 2.45) is 11.8 Å². The Bertz CT molecular complexity index is 259. The van der Waals surface area contributed by atoms with Gasteiger partial charge in [-0.3, -0.25) is 4.79 Å². The van der Waals surface area contributed by atoms with Crippen molar-refractivity contribution in [1.82, 2.24) is 4.90 Å². The van der Waals surface area contributed by atoms with Crippen LogP contribution >= 0.6 is 0 Å². The minimum atomic E-state index is -0.111.